The molecule has 2 heterocycles. The molecule has 1 aliphatic rings. The minimum absolute atomic E-state index is 0. The number of guanidine groups is 1. The zero-order chi connectivity index (χ0) is 16.9. The predicted molar refractivity (Wildman–Crippen MR) is 113 cm³/mol. The Bertz CT molecular complexity index is 533. The van der Waals surface area contributed by atoms with Crippen molar-refractivity contribution in [1.82, 2.24) is 15.6 Å². The Labute approximate surface area is 167 Å². The van der Waals surface area contributed by atoms with Crippen molar-refractivity contribution in [1.29, 1.82) is 0 Å². The Morgan fingerprint density at radius 1 is 1.42 bits per heavy atom. The molecular weight excluding hydrogens is 435 g/mol. The highest BCUT2D eigenvalue weighted by molar-refractivity contribution is 14.0. The fourth-order valence-electron chi connectivity index (χ4n) is 2.46. The summed E-state index contributed by atoms with van der Waals surface area (Å²) in [6.07, 6.45) is 2.24. The first kappa shape index (κ1) is 21.6. The van der Waals surface area contributed by atoms with Gasteiger partial charge in [0.15, 0.2) is 5.96 Å². The second kappa shape index (κ2) is 9.33. The smallest absolute Gasteiger partial charge is 0.191 e. The number of nitrogens with one attached hydrogen (secondary N) is 2. The van der Waals surface area contributed by atoms with Crippen LogP contribution in [0.4, 0.5) is 0 Å². The van der Waals surface area contributed by atoms with E-state index in [1.165, 1.54) is 0 Å². The van der Waals surface area contributed by atoms with Crippen LogP contribution in [0.2, 0.25) is 0 Å². The van der Waals surface area contributed by atoms with Crippen molar-refractivity contribution in [3.05, 3.63) is 16.1 Å². The van der Waals surface area contributed by atoms with Gasteiger partial charge in [-0.25, -0.2) is 9.98 Å². The van der Waals surface area contributed by atoms with Gasteiger partial charge in [-0.2, -0.15) is 0 Å². The molecular formula is C17H31IN4OS. The van der Waals surface area contributed by atoms with Gasteiger partial charge in [-0.15, -0.1) is 35.3 Å². The maximum Gasteiger partial charge on any atom is 0.191 e. The second-order valence-corrected chi connectivity index (χ2v) is 8.27. The molecule has 1 aromatic heterocycles. The highest BCUT2D eigenvalue weighted by Crippen LogP contribution is 2.25. The van der Waals surface area contributed by atoms with E-state index in [0.717, 1.165) is 49.2 Å². The van der Waals surface area contributed by atoms with Gasteiger partial charge in [0.1, 0.15) is 5.01 Å². The summed E-state index contributed by atoms with van der Waals surface area (Å²) in [6.45, 7) is 13.9. The van der Waals surface area contributed by atoms with Crippen LogP contribution in [0.25, 0.3) is 0 Å². The Morgan fingerprint density at radius 3 is 2.71 bits per heavy atom. The number of hydrogen-bond donors (Lipinski definition) is 2. The van der Waals surface area contributed by atoms with E-state index >= 15 is 0 Å². The zero-order valence-electron chi connectivity index (χ0n) is 15.4. The predicted octanol–water partition coefficient (Wildman–Crippen LogP) is 3.68. The first-order valence-electron chi connectivity index (χ1n) is 8.43. The molecule has 0 spiro atoms. The molecule has 0 radical (unpaired) electrons. The van der Waals surface area contributed by atoms with Crippen LogP contribution in [0.1, 0.15) is 58.2 Å². The molecule has 1 atom stereocenters. The van der Waals surface area contributed by atoms with Crippen LogP contribution in [0, 0.1) is 0 Å². The van der Waals surface area contributed by atoms with Gasteiger partial charge in [0.05, 0.1) is 17.8 Å². The lowest BCUT2D eigenvalue weighted by Gasteiger charge is -2.24. The first-order chi connectivity index (χ1) is 10.8. The molecule has 1 saturated heterocycles. The van der Waals surface area contributed by atoms with Crippen molar-refractivity contribution in [2.75, 3.05) is 19.7 Å². The van der Waals surface area contributed by atoms with Crippen LogP contribution in [-0.4, -0.2) is 36.2 Å². The van der Waals surface area contributed by atoms with Crippen LogP contribution in [0.5, 0.6) is 0 Å². The van der Waals surface area contributed by atoms with Gasteiger partial charge in [0.25, 0.3) is 0 Å². The van der Waals surface area contributed by atoms with E-state index in [-0.39, 0.29) is 35.0 Å². The summed E-state index contributed by atoms with van der Waals surface area (Å²) in [7, 11) is 0. The van der Waals surface area contributed by atoms with Gasteiger partial charge in [-0.3, -0.25) is 0 Å². The lowest BCUT2D eigenvalue weighted by Crippen LogP contribution is -2.45. The monoisotopic (exact) mass is 466 g/mol. The molecule has 138 valence electrons. The maximum atomic E-state index is 5.82. The number of nitrogens with zero attached hydrogens (tertiary/aromatic N) is 2. The third-order valence-electron chi connectivity index (χ3n) is 3.97. The molecule has 5 nitrogen and oxygen atoms in total. The van der Waals surface area contributed by atoms with Crippen molar-refractivity contribution in [3.8, 4) is 0 Å². The van der Waals surface area contributed by atoms with Crippen LogP contribution in [-0.2, 0) is 16.7 Å². The Hall–Kier alpha value is -0.410. The van der Waals surface area contributed by atoms with E-state index in [1.54, 1.807) is 11.3 Å². The number of ether oxygens (including phenoxy) is 1. The maximum absolute atomic E-state index is 5.82. The van der Waals surface area contributed by atoms with Crippen LogP contribution in [0.3, 0.4) is 0 Å². The Balaban J connectivity index is 0.00000288. The van der Waals surface area contributed by atoms with Crippen LogP contribution < -0.4 is 10.6 Å². The molecule has 7 heteroatoms. The summed E-state index contributed by atoms with van der Waals surface area (Å²) < 4.78 is 5.82. The number of halogens is 1. The first-order valence-corrected chi connectivity index (χ1v) is 9.31. The van der Waals surface area contributed by atoms with Gasteiger partial charge in [-0.1, -0.05) is 20.8 Å². The normalized spacial score (nSPS) is 21.5. The molecule has 2 rings (SSSR count). The molecule has 0 saturated carbocycles. The quantitative estimate of drug-likeness (QED) is 0.395. The average molecular weight is 466 g/mol. The minimum Gasteiger partial charge on any atom is -0.373 e. The van der Waals surface area contributed by atoms with Crippen LogP contribution in [0.15, 0.2) is 10.4 Å². The molecule has 0 aliphatic carbocycles. The molecule has 1 aliphatic heterocycles. The summed E-state index contributed by atoms with van der Waals surface area (Å²) >= 11 is 1.68. The van der Waals surface area contributed by atoms with E-state index in [0.29, 0.717) is 6.54 Å². The number of rotatable bonds is 5. The van der Waals surface area contributed by atoms with Gasteiger partial charge in [0, 0.05) is 30.5 Å². The third kappa shape index (κ3) is 6.48. The van der Waals surface area contributed by atoms with E-state index in [2.05, 4.69) is 55.6 Å². The van der Waals surface area contributed by atoms with Gasteiger partial charge >= 0.3 is 0 Å². The standard InChI is InChI=1S/C17H30N4OS.HI/c1-6-18-15(20-12-17(5)8-7-9-22-17)19-10-14-21-13(11-23-14)16(2,3)4;/h11H,6-10,12H2,1-5H3,(H2,18,19,20);1H. The summed E-state index contributed by atoms with van der Waals surface area (Å²) in [5.74, 6) is 0.830. The Morgan fingerprint density at radius 2 is 2.17 bits per heavy atom. The molecule has 2 N–H and O–H groups in total. The lowest BCUT2D eigenvalue weighted by atomic mass is 9.93. The highest BCUT2D eigenvalue weighted by atomic mass is 127. The van der Waals surface area contributed by atoms with E-state index in [4.69, 9.17) is 9.72 Å². The molecule has 24 heavy (non-hydrogen) atoms. The summed E-state index contributed by atoms with van der Waals surface area (Å²) in [5.41, 5.74) is 1.16. The third-order valence-corrected chi connectivity index (χ3v) is 4.80. The van der Waals surface area contributed by atoms with Crippen molar-refractivity contribution in [3.63, 3.8) is 0 Å². The summed E-state index contributed by atoms with van der Waals surface area (Å²) in [5, 5.41) is 9.88. The van der Waals surface area contributed by atoms with E-state index in [1.807, 2.05) is 0 Å². The fraction of sp³-hybridized carbons (Fsp3) is 0.765. The average Bonchev–Trinajstić information content (AvgIpc) is 3.11. The zero-order valence-corrected chi connectivity index (χ0v) is 18.6. The minimum atomic E-state index is -0.0726. The Kier molecular flexibility index (Phi) is 8.41. The highest BCUT2D eigenvalue weighted by Gasteiger charge is 2.29. The molecule has 1 aromatic rings. The van der Waals surface area contributed by atoms with Crippen molar-refractivity contribution >= 4 is 41.3 Å². The number of hydrogen-bond acceptors (Lipinski definition) is 4. The van der Waals surface area contributed by atoms with Crippen molar-refractivity contribution in [2.24, 2.45) is 4.99 Å². The summed E-state index contributed by atoms with van der Waals surface area (Å²) in [4.78, 5) is 9.35. The molecule has 0 amide bonds. The van der Waals surface area contributed by atoms with Crippen molar-refractivity contribution in [2.45, 2.75) is 65.0 Å². The SMILES string of the molecule is CCNC(=NCc1nc(C(C)(C)C)cs1)NCC1(C)CCCO1.I. The van der Waals surface area contributed by atoms with Crippen molar-refractivity contribution < 1.29 is 4.74 Å². The topological polar surface area (TPSA) is 58.5 Å². The second-order valence-electron chi connectivity index (χ2n) is 7.33. The van der Waals surface area contributed by atoms with Crippen LogP contribution >= 0.6 is 35.3 Å². The summed E-state index contributed by atoms with van der Waals surface area (Å²) in [6, 6.07) is 0. The number of thiazole rings is 1. The number of aliphatic imine (C=N–C) groups is 1. The lowest BCUT2D eigenvalue weighted by molar-refractivity contribution is 0.0243. The molecule has 1 unspecified atom stereocenters. The molecule has 0 bridgehead atoms. The van der Waals surface area contributed by atoms with E-state index < -0.39 is 0 Å². The van der Waals surface area contributed by atoms with Gasteiger partial charge < -0.3 is 15.4 Å². The van der Waals surface area contributed by atoms with E-state index in [9.17, 15) is 0 Å². The fourth-order valence-corrected chi connectivity index (χ4v) is 3.41. The molecule has 0 aromatic carbocycles. The van der Waals surface area contributed by atoms with Gasteiger partial charge in [0.2, 0.25) is 0 Å². The molecule has 1 fully saturated rings. The number of aromatic nitrogens is 1. The van der Waals surface area contributed by atoms with Gasteiger partial charge in [-0.05, 0) is 26.7 Å². The largest absolute Gasteiger partial charge is 0.373 e.